The van der Waals surface area contributed by atoms with Gasteiger partial charge in [0.05, 0.1) is 4.90 Å². The summed E-state index contributed by atoms with van der Waals surface area (Å²) in [5.41, 5.74) is 2.56. The molecule has 2 aromatic rings. The molecular formula is C22H23ClN4O3S2. The number of carbonyl (C=O) groups excluding carboxylic acids is 1. The average molecular weight is 491 g/mol. The molecule has 5 rings (SSSR count). The third kappa shape index (κ3) is 4.10. The number of sulfonamides is 1. The summed E-state index contributed by atoms with van der Waals surface area (Å²) in [7, 11) is -3.66. The van der Waals surface area contributed by atoms with Crippen molar-refractivity contribution >= 4 is 50.7 Å². The first-order chi connectivity index (χ1) is 15.4. The zero-order valence-corrected chi connectivity index (χ0v) is 19.6. The van der Waals surface area contributed by atoms with Crippen molar-refractivity contribution in [3.05, 3.63) is 64.7 Å². The predicted octanol–water partition coefficient (Wildman–Crippen LogP) is 3.27. The Morgan fingerprint density at radius 1 is 1.12 bits per heavy atom. The lowest BCUT2D eigenvalue weighted by Gasteiger charge is -2.35. The Morgan fingerprint density at radius 2 is 1.94 bits per heavy atom. The normalized spacial score (nSPS) is 22.8. The molecule has 0 saturated carbocycles. The summed E-state index contributed by atoms with van der Waals surface area (Å²) in [6.07, 6.45) is 4.37. The molecule has 1 amide bonds. The smallest absolute Gasteiger partial charge is 0.249 e. The summed E-state index contributed by atoms with van der Waals surface area (Å²) < 4.78 is 27.8. The van der Waals surface area contributed by atoms with Gasteiger partial charge in [-0.3, -0.25) is 4.79 Å². The van der Waals surface area contributed by atoms with Crippen LogP contribution in [0.3, 0.4) is 0 Å². The van der Waals surface area contributed by atoms with Gasteiger partial charge in [-0.25, -0.2) is 8.42 Å². The molecule has 10 heteroatoms. The fourth-order valence-electron chi connectivity index (χ4n) is 4.49. The second kappa shape index (κ2) is 8.62. The zero-order valence-electron chi connectivity index (χ0n) is 17.2. The highest BCUT2D eigenvalue weighted by Crippen LogP contribution is 2.35. The fourth-order valence-corrected chi connectivity index (χ4v) is 6.74. The molecule has 7 nitrogen and oxygen atoms in total. The molecule has 1 saturated heterocycles. The van der Waals surface area contributed by atoms with Crippen LogP contribution in [0, 0.1) is 0 Å². The van der Waals surface area contributed by atoms with Gasteiger partial charge in [0.25, 0.3) is 0 Å². The van der Waals surface area contributed by atoms with Crippen molar-refractivity contribution in [1.82, 2.24) is 10.0 Å². The second-order valence-electron chi connectivity index (χ2n) is 7.97. The third-order valence-electron chi connectivity index (χ3n) is 6.00. The number of halogens is 1. The maximum Gasteiger partial charge on any atom is 0.249 e. The highest BCUT2D eigenvalue weighted by atomic mass is 35.5. The van der Waals surface area contributed by atoms with Crippen LogP contribution < -0.4 is 19.8 Å². The van der Waals surface area contributed by atoms with Gasteiger partial charge in [0, 0.05) is 35.7 Å². The van der Waals surface area contributed by atoms with Crippen molar-refractivity contribution in [2.75, 3.05) is 22.9 Å². The Labute approximate surface area is 196 Å². The van der Waals surface area contributed by atoms with E-state index in [0.717, 1.165) is 31.5 Å². The van der Waals surface area contributed by atoms with Gasteiger partial charge in [-0.15, -0.1) is 0 Å². The van der Waals surface area contributed by atoms with E-state index in [1.165, 1.54) is 17.3 Å². The molecule has 168 valence electrons. The van der Waals surface area contributed by atoms with E-state index < -0.39 is 15.5 Å². The van der Waals surface area contributed by atoms with Gasteiger partial charge < -0.3 is 15.1 Å². The molecule has 0 spiro atoms. The molecule has 3 aliphatic heterocycles. The van der Waals surface area contributed by atoms with Gasteiger partial charge >= 0.3 is 0 Å². The van der Waals surface area contributed by atoms with Crippen molar-refractivity contribution in [2.45, 2.75) is 35.7 Å². The number of fused-ring (bicyclic) bond motifs is 1. The standard InChI is InChI=1S/C22H23ClN4O3S2/c23-16-3-8-19-15(14-16)2-1-11-27(19)20-9-12-26(21(20)28)17-4-6-18(7-5-17)32(29,30)25-22-24-10-13-31-22/h3-8,10,13-14,20,22,24-25H,1-2,9,11-12H2/t20-,22?/m0/s1. The summed E-state index contributed by atoms with van der Waals surface area (Å²) in [6, 6.07) is 12.1. The maximum atomic E-state index is 13.3. The summed E-state index contributed by atoms with van der Waals surface area (Å²) in [4.78, 5) is 17.4. The van der Waals surface area contributed by atoms with E-state index in [9.17, 15) is 13.2 Å². The minimum Gasteiger partial charge on any atom is -0.366 e. The number of carbonyl (C=O) groups is 1. The number of nitrogens with zero attached hydrogens (tertiary/aromatic N) is 2. The Balaban J connectivity index is 1.31. The number of aryl methyl sites for hydroxylation is 1. The van der Waals surface area contributed by atoms with E-state index in [2.05, 4.69) is 14.9 Å². The van der Waals surface area contributed by atoms with E-state index in [1.807, 2.05) is 18.2 Å². The van der Waals surface area contributed by atoms with Crippen molar-refractivity contribution in [3.8, 4) is 0 Å². The average Bonchev–Trinajstić information content (AvgIpc) is 3.42. The lowest BCUT2D eigenvalue weighted by Crippen LogP contribution is -2.44. The monoisotopic (exact) mass is 490 g/mol. The SMILES string of the molecule is O=C1[C@@H](N2CCCc3cc(Cl)ccc32)CCN1c1ccc(S(=O)(=O)NC2NC=CS2)cc1. The Morgan fingerprint density at radius 3 is 2.69 bits per heavy atom. The number of amides is 1. The van der Waals surface area contributed by atoms with Crippen LogP contribution in [0.4, 0.5) is 11.4 Å². The van der Waals surface area contributed by atoms with Crippen LogP contribution >= 0.6 is 23.4 Å². The summed E-state index contributed by atoms with van der Waals surface area (Å²) >= 11 is 7.51. The fraction of sp³-hybridized carbons (Fsp3) is 0.318. The van der Waals surface area contributed by atoms with Crippen LogP contribution in [0.1, 0.15) is 18.4 Å². The third-order valence-corrected chi connectivity index (χ3v) is 8.64. The minimum absolute atomic E-state index is 0.0409. The number of anilines is 2. The number of benzene rings is 2. The van der Waals surface area contributed by atoms with Gasteiger partial charge in [0.15, 0.2) is 0 Å². The molecule has 1 fully saturated rings. The summed E-state index contributed by atoms with van der Waals surface area (Å²) in [6.45, 7) is 1.44. The number of rotatable bonds is 5. The summed E-state index contributed by atoms with van der Waals surface area (Å²) in [5, 5.41) is 5.43. The van der Waals surface area contributed by atoms with Crippen molar-refractivity contribution < 1.29 is 13.2 Å². The molecule has 32 heavy (non-hydrogen) atoms. The Bertz CT molecular complexity index is 1160. The van der Waals surface area contributed by atoms with Crippen LogP contribution in [0.15, 0.2) is 59.0 Å². The van der Waals surface area contributed by atoms with Crippen molar-refractivity contribution in [2.24, 2.45) is 0 Å². The highest BCUT2D eigenvalue weighted by Gasteiger charge is 2.38. The molecule has 3 aliphatic rings. The van der Waals surface area contributed by atoms with E-state index in [0.29, 0.717) is 17.3 Å². The molecule has 3 heterocycles. The van der Waals surface area contributed by atoms with Gasteiger partial charge in [-0.2, -0.15) is 4.72 Å². The molecule has 1 unspecified atom stereocenters. The first-order valence-corrected chi connectivity index (χ1v) is 13.3. The van der Waals surface area contributed by atoms with Crippen LogP contribution in [0.5, 0.6) is 0 Å². The van der Waals surface area contributed by atoms with E-state index >= 15 is 0 Å². The largest absolute Gasteiger partial charge is 0.366 e. The molecule has 0 aromatic heterocycles. The molecule has 2 N–H and O–H groups in total. The first kappa shape index (κ1) is 21.6. The van der Waals surface area contributed by atoms with Crippen LogP contribution in [-0.4, -0.2) is 39.0 Å². The number of hydrogen-bond acceptors (Lipinski definition) is 6. The predicted molar refractivity (Wildman–Crippen MR) is 128 cm³/mol. The lowest BCUT2D eigenvalue weighted by atomic mass is 9.99. The molecule has 2 aromatic carbocycles. The van der Waals surface area contributed by atoms with Crippen LogP contribution in [-0.2, 0) is 21.2 Å². The van der Waals surface area contributed by atoms with Gasteiger partial charge in [-0.1, -0.05) is 23.4 Å². The number of nitrogens with one attached hydrogen (secondary N) is 2. The highest BCUT2D eigenvalue weighted by molar-refractivity contribution is 8.03. The molecular weight excluding hydrogens is 468 g/mol. The second-order valence-corrected chi connectivity index (χ2v) is 11.1. The molecule has 0 radical (unpaired) electrons. The Kier molecular flexibility index (Phi) is 5.83. The molecule has 0 bridgehead atoms. The van der Waals surface area contributed by atoms with Crippen molar-refractivity contribution in [1.29, 1.82) is 0 Å². The van der Waals surface area contributed by atoms with E-state index in [-0.39, 0.29) is 16.8 Å². The Hall–Kier alpha value is -2.20. The maximum absolute atomic E-state index is 13.3. The van der Waals surface area contributed by atoms with Crippen LogP contribution in [0.25, 0.3) is 0 Å². The van der Waals surface area contributed by atoms with Crippen molar-refractivity contribution in [3.63, 3.8) is 0 Å². The first-order valence-electron chi connectivity index (χ1n) is 10.5. The zero-order chi connectivity index (χ0) is 22.3. The molecule has 2 atom stereocenters. The minimum atomic E-state index is -3.66. The number of thioether (sulfide) groups is 1. The quantitative estimate of drug-likeness (QED) is 0.669. The topological polar surface area (TPSA) is 81.8 Å². The lowest BCUT2D eigenvalue weighted by molar-refractivity contribution is -0.118. The number of hydrogen-bond donors (Lipinski definition) is 2. The van der Waals surface area contributed by atoms with Crippen LogP contribution in [0.2, 0.25) is 5.02 Å². The van der Waals surface area contributed by atoms with Gasteiger partial charge in [0.2, 0.25) is 15.9 Å². The van der Waals surface area contributed by atoms with E-state index in [4.69, 9.17) is 11.6 Å². The van der Waals surface area contributed by atoms with Gasteiger partial charge in [-0.05, 0) is 72.7 Å². The van der Waals surface area contributed by atoms with E-state index in [1.54, 1.807) is 40.8 Å². The summed E-state index contributed by atoms with van der Waals surface area (Å²) in [5.74, 6) is 0.0409. The molecule has 0 aliphatic carbocycles. The van der Waals surface area contributed by atoms with Gasteiger partial charge in [0.1, 0.15) is 11.5 Å².